The van der Waals surface area contributed by atoms with Crippen LogP contribution >= 0.6 is 0 Å². The molecule has 1 amide bonds. The summed E-state index contributed by atoms with van der Waals surface area (Å²) in [6, 6.07) is 4.64. The predicted molar refractivity (Wildman–Crippen MR) is 144 cm³/mol. The summed E-state index contributed by atoms with van der Waals surface area (Å²) in [5, 5.41) is 16.2. The van der Waals surface area contributed by atoms with Crippen LogP contribution in [-0.4, -0.2) is 52.6 Å². The molecule has 2 unspecified atom stereocenters. The molecule has 2 N–H and O–H groups in total. The highest BCUT2D eigenvalue weighted by Gasteiger charge is 2.28. The lowest BCUT2D eigenvalue weighted by molar-refractivity contribution is -0.139. The Morgan fingerprint density at radius 1 is 1.21 bits per heavy atom. The smallest absolute Gasteiger partial charge is 0.408 e. The van der Waals surface area contributed by atoms with E-state index in [1.54, 1.807) is 45.9 Å². The number of alkyl carbamates (subject to hydrolysis) is 1. The van der Waals surface area contributed by atoms with Crippen molar-refractivity contribution in [2.24, 2.45) is 11.8 Å². The average Bonchev–Trinajstić information content (AvgIpc) is 3.33. The number of carboxylic acids is 1. The van der Waals surface area contributed by atoms with E-state index >= 15 is 0 Å². The minimum Gasteiger partial charge on any atom is -0.494 e. The Bertz CT molecular complexity index is 1090. The fraction of sp³-hybridized carbons (Fsp3) is 0.643. The molecule has 0 bridgehead atoms. The van der Waals surface area contributed by atoms with Crippen LogP contribution in [0.1, 0.15) is 89.7 Å². The highest BCUT2D eigenvalue weighted by atomic mass is 16.6. The quantitative estimate of drug-likeness (QED) is 0.411. The highest BCUT2D eigenvalue weighted by molar-refractivity contribution is 5.82. The second-order valence-corrected chi connectivity index (χ2v) is 11.5. The fourth-order valence-electron chi connectivity index (χ4n) is 4.61. The first kappa shape index (κ1) is 29.3. The molecule has 1 saturated heterocycles. The second-order valence-electron chi connectivity index (χ2n) is 11.5. The molecule has 0 aliphatic carbocycles. The van der Waals surface area contributed by atoms with Gasteiger partial charge in [0.2, 0.25) is 0 Å². The van der Waals surface area contributed by atoms with Crippen LogP contribution in [0.2, 0.25) is 0 Å². The number of nitrogens with one attached hydrogen (secondary N) is 1. The Kier molecular flexibility index (Phi) is 9.62. The van der Waals surface area contributed by atoms with Gasteiger partial charge in [0.05, 0.1) is 6.61 Å². The predicted octanol–water partition coefficient (Wildman–Crippen LogP) is 5.47. The number of piperidine rings is 1. The first-order valence-corrected chi connectivity index (χ1v) is 13.4. The fourth-order valence-corrected chi connectivity index (χ4v) is 4.61. The number of ether oxygens (including phenoxy) is 2. The summed E-state index contributed by atoms with van der Waals surface area (Å²) in [6.07, 6.45) is 2.27. The standard InChI is InChI=1S/C28H42N4O6/c1-17(2)24-30-26(38-31-24)32-13-10-20(11-14-32)18(3)12-15-36-21-8-9-22(19(4)16-21)23(25(33)34)29-27(35)37-28(5,6)7/h8-9,16-18,20,23H,10-15H2,1-7H3,(H,29,35)(H,33,34). The van der Waals surface area contributed by atoms with Crippen LogP contribution in [0.4, 0.5) is 10.8 Å². The number of carbonyl (C=O) groups excluding carboxylic acids is 1. The number of hydrogen-bond acceptors (Lipinski definition) is 8. The largest absolute Gasteiger partial charge is 0.494 e. The van der Waals surface area contributed by atoms with Crippen LogP contribution in [0.3, 0.4) is 0 Å². The topological polar surface area (TPSA) is 127 Å². The van der Waals surface area contributed by atoms with E-state index in [4.69, 9.17) is 14.0 Å². The molecule has 38 heavy (non-hydrogen) atoms. The van der Waals surface area contributed by atoms with Crippen molar-refractivity contribution < 1.29 is 28.7 Å². The van der Waals surface area contributed by atoms with Gasteiger partial charge in [-0.25, -0.2) is 9.59 Å². The van der Waals surface area contributed by atoms with E-state index in [9.17, 15) is 14.7 Å². The summed E-state index contributed by atoms with van der Waals surface area (Å²) in [6.45, 7) is 15.7. The van der Waals surface area contributed by atoms with Gasteiger partial charge in [-0.05, 0) is 82.1 Å². The van der Waals surface area contributed by atoms with E-state index in [0.717, 1.165) is 38.2 Å². The molecule has 10 heteroatoms. The number of amides is 1. The van der Waals surface area contributed by atoms with E-state index in [0.29, 0.717) is 41.3 Å². The molecule has 3 rings (SSSR count). The van der Waals surface area contributed by atoms with Crippen LogP contribution in [0, 0.1) is 18.8 Å². The summed E-state index contributed by atoms with van der Waals surface area (Å²) in [7, 11) is 0. The Labute approximate surface area is 225 Å². The van der Waals surface area contributed by atoms with E-state index in [2.05, 4.69) is 41.1 Å². The van der Waals surface area contributed by atoms with E-state index < -0.39 is 23.7 Å². The number of benzene rings is 1. The van der Waals surface area contributed by atoms with Crippen molar-refractivity contribution in [3.05, 3.63) is 35.2 Å². The number of anilines is 1. The summed E-state index contributed by atoms with van der Waals surface area (Å²) < 4.78 is 16.7. The van der Waals surface area contributed by atoms with Crippen LogP contribution in [0.15, 0.2) is 22.7 Å². The highest BCUT2D eigenvalue weighted by Crippen LogP contribution is 2.30. The van der Waals surface area contributed by atoms with Gasteiger partial charge in [0.15, 0.2) is 11.9 Å². The maximum absolute atomic E-state index is 12.1. The van der Waals surface area contributed by atoms with Gasteiger partial charge < -0.3 is 29.3 Å². The van der Waals surface area contributed by atoms with Crippen molar-refractivity contribution >= 4 is 18.1 Å². The molecule has 2 aromatic rings. The molecular formula is C28H42N4O6. The lowest BCUT2D eigenvalue weighted by atomic mass is 9.84. The third-order valence-corrected chi connectivity index (χ3v) is 6.86. The zero-order valence-electron chi connectivity index (χ0n) is 23.6. The Morgan fingerprint density at radius 3 is 2.45 bits per heavy atom. The molecule has 1 aromatic carbocycles. The zero-order valence-corrected chi connectivity index (χ0v) is 23.6. The van der Waals surface area contributed by atoms with Crippen LogP contribution < -0.4 is 15.0 Å². The second kappa shape index (κ2) is 12.5. The summed E-state index contributed by atoms with van der Waals surface area (Å²) in [4.78, 5) is 30.7. The number of carboxylic acid groups (broad SMARTS) is 1. The number of aryl methyl sites for hydroxylation is 1. The number of aliphatic carboxylic acids is 1. The van der Waals surface area contributed by atoms with E-state index in [1.807, 2.05) is 0 Å². The molecule has 0 spiro atoms. The third kappa shape index (κ3) is 8.10. The molecule has 210 valence electrons. The molecule has 0 radical (unpaired) electrons. The van der Waals surface area contributed by atoms with Crippen molar-refractivity contribution in [1.82, 2.24) is 15.5 Å². The van der Waals surface area contributed by atoms with Crippen LogP contribution in [0.5, 0.6) is 5.75 Å². The first-order chi connectivity index (χ1) is 17.8. The molecule has 2 heterocycles. The molecule has 10 nitrogen and oxygen atoms in total. The zero-order chi connectivity index (χ0) is 28.0. The SMILES string of the molecule is Cc1cc(OCCC(C)C2CCN(c3nc(C(C)C)no3)CC2)ccc1C(NC(=O)OC(C)(C)C)C(=O)O. The van der Waals surface area contributed by atoms with Crippen molar-refractivity contribution in [3.63, 3.8) is 0 Å². The molecule has 1 aliphatic rings. The molecule has 1 aliphatic heterocycles. The lowest BCUT2D eigenvalue weighted by Gasteiger charge is -2.33. The van der Waals surface area contributed by atoms with Gasteiger partial charge in [0.25, 0.3) is 0 Å². The van der Waals surface area contributed by atoms with E-state index in [-0.39, 0.29) is 5.92 Å². The molecular weight excluding hydrogens is 488 g/mol. The Morgan fingerprint density at radius 2 is 1.89 bits per heavy atom. The van der Waals surface area contributed by atoms with Crippen molar-refractivity contribution in [2.45, 2.75) is 85.3 Å². The third-order valence-electron chi connectivity index (χ3n) is 6.86. The van der Waals surface area contributed by atoms with Gasteiger partial charge in [-0.15, -0.1) is 0 Å². The normalized spacial score (nSPS) is 16.3. The molecule has 1 aromatic heterocycles. The maximum atomic E-state index is 12.1. The maximum Gasteiger partial charge on any atom is 0.408 e. The van der Waals surface area contributed by atoms with Gasteiger partial charge >= 0.3 is 18.1 Å². The van der Waals surface area contributed by atoms with Gasteiger partial charge in [-0.1, -0.05) is 32.0 Å². The lowest BCUT2D eigenvalue weighted by Crippen LogP contribution is -2.38. The van der Waals surface area contributed by atoms with Crippen LogP contribution in [-0.2, 0) is 9.53 Å². The van der Waals surface area contributed by atoms with Gasteiger partial charge in [-0.2, -0.15) is 4.98 Å². The van der Waals surface area contributed by atoms with Gasteiger partial charge in [0.1, 0.15) is 11.4 Å². The van der Waals surface area contributed by atoms with Crippen molar-refractivity contribution in [3.8, 4) is 5.75 Å². The average molecular weight is 531 g/mol. The monoisotopic (exact) mass is 530 g/mol. The number of carbonyl (C=O) groups is 2. The molecule has 2 atom stereocenters. The van der Waals surface area contributed by atoms with Gasteiger partial charge in [0, 0.05) is 19.0 Å². The Balaban J connectivity index is 1.48. The minimum absolute atomic E-state index is 0.248. The van der Waals surface area contributed by atoms with Crippen molar-refractivity contribution in [2.75, 3.05) is 24.6 Å². The van der Waals surface area contributed by atoms with Gasteiger partial charge in [-0.3, -0.25) is 0 Å². The molecule has 1 fully saturated rings. The number of hydrogen-bond donors (Lipinski definition) is 2. The summed E-state index contributed by atoms with van der Waals surface area (Å²) in [5.74, 6) is 1.60. The van der Waals surface area contributed by atoms with Crippen molar-refractivity contribution in [1.29, 1.82) is 0 Å². The van der Waals surface area contributed by atoms with E-state index in [1.165, 1.54) is 0 Å². The number of aromatic nitrogens is 2. The number of rotatable bonds is 10. The van der Waals surface area contributed by atoms with Crippen LogP contribution in [0.25, 0.3) is 0 Å². The minimum atomic E-state index is -1.21. The summed E-state index contributed by atoms with van der Waals surface area (Å²) >= 11 is 0. The first-order valence-electron chi connectivity index (χ1n) is 13.4. The Hall–Kier alpha value is -3.30. The summed E-state index contributed by atoms with van der Waals surface area (Å²) in [5.41, 5.74) is 0.477. The number of nitrogens with zero attached hydrogens (tertiary/aromatic N) is 3. The molecule has 0 saturated carbocycles.